The molecule has 1 unspecified atom stereocenters. The highest BCUT2D eigenvalue weighted by molar-refractivity contribution is 5.72. The Labute approximate surface area is 205 Å². The summed E-state index contributed by atoms with van der Waals surface area (Å²) in [6.45, 7) is 8.33. The number of aromatic hydroxyl groups is 1. The molecule has 34 heavy (non-hydrogen) atoms. The van der Waals surface area contributed by atoms with E-state index >= 15 is 0 Å². The van der Waals surface area contributed by atoms with E-state index in [-0.39, 0.29) is 28.6 Å². The molecule has 2 saturated carbocycles. The lowest BCUT2D eigenvalue weighted by Gasteiger charge is -2.54. The standard InChI is InChI=1S/C27H45N3O4/c1-7-20-11-12-21(34-25(32)29(4)16-15-28)24(31)23(20)27(8-2)18-26(3,33-6)14-13-22(27)30(5)17-19-9-10-19/h11-12,19,22,31H,7-10,13-18,28H2,1-6H3/t22?,26-,27+/m1/s1. The van der Waals surface area contributed by atoms with Gasteiger partial charge in [-0.3, -0.25) is 0 Å². The molecular formula is C27H45N3O4. The summed E-state index contributed by atoms with van der Waals surface area (Å²) < 4.78 is 11.7. The molecule has 2 aliphatic carbocycles. The molecule has 0 bridgehead atoms. The first-order valence-corrected chi connectivity index (χ1v) is 12.9. The Balaban J connectivity index is 2.10. The molecule has 0 aromatic heterocycles. The number of methoxy groups -OCH3 is 1. The van der Waals surface area contributed by atoms with Gasteiger partial charge in [0.2, 0.25) is 0 Å². The van der Waals surface area contributed by atoms with Gasteiger partial charge in [0.25, 0.3) is 0 Å². The van der Waals surface area contributed by atoms with Crippen LogP contribution in [0.4, 0.5) is 4.79 Å². The van der Waals surface area contributed by atoms with Crippen LogP contribution in [-0.4, -0.2) is 73.5 Å². The molecule has 3 N–H and O–H groups in total. The Morgan fingerprint density at radius 3 is 2.50 bits per heavy atom. The number of carbonyl (C=O) groups is 1. The van der Waals surface area contributed by atoms with E-state index in [1.54, 1.807) is 20.2 Å². The van der Waals surface area contributed by atoms with E-state index in [4.69, 9.17) is 15.2 Å². The normalized spacial score (nSPS) is 27.1. The molecular weight excluding hydrogens is 430 g/mol. The summed E-state index contributed by atoms with van der Waals surface area (Å²) in [4.78, 5) is 16.5. The summed E-state index contributed by atoms with van der Waals surface area (Å²) in [6, 6.07) is 3.99. The second-order valence-electron chi connectivity index (χ2n) is 10.7. The van der Waals surface area contributed by atoms with Gasteiger partial charge in [0.1, 0.15) is 0 Å². The van der Waals surface area contributed by atoms with Crippen molar-refractivity contribution < 1.29 is 19.4 Å². The van der Waals surface area contributed by atoms with Crippen LogP contribution in [0, 0.1) is 5.92 Å². The molecule has 0 aliphatic heterocycles. The zero-order valence-electron chi connectivity index (χ0n) is 22.0. The molecule has 0 heterocycles. The highest BCUT2D eigenvalue weighted by Crippen LogP contribution is 2.54. The molecule has 1 aromatic carbocycles. The van der Waals surface area contributed by atoms with Gasteiger partial charge in [-0.1, -0.05) is 19.9 Å². The number of rotatable bonds is 10. The van der Waals surface area contributed by atoms with Gasteiger partial charge in [-0.05, 0) is 76.5 Å². The topological polar surface area (TPSA) is 88.3 Å². The second kappa shape index (κ2) is 10.8. The van der Waals surface area contributed by atoms with E-state index in [0.717, 1.165) is 55.7 Å². The fourth-order valence-corrected chi connectivity index (χ4v) is 6.04. The Bertz CT molecular complexity index is 859. The predicted octanol–water partition coefficient (Wildman–Crippen LogP) is 4.29. The summed E-state index contributed by atoms with van der Waals surface area (Å²) in [5.74, 6) is 1.07. The smallest absolute Gasteiger partial charge is 0.415 e. The van der Waals surface area contributed by atoms with Crippen molar-refractivity contribution in [2.45, 2.75) is 82.8 Å². The number of benzene rings is 1. The minimum Gasteiger partial charge on any atom is -0.504 e. The first-order valence-electron chi connectivity index (χ1n) is 12.9. The van der Waals surface area contributed by atoms with Crippen LogP contribution in [0.3, 0.4) is 0 Å². The average molecular weight is 476 g/mol. The van der Waals surface area contributed by atoms with Crippen LogP contribution in [-0.2, 0) is 16.6 Å². The molecule has 1 amide bonds. The number of amides is 1. The van der Waals surface area contributed by atoms with Crippen LogP contribution in [0.15, 0.2) is 12.1 Å². The molecule has 0 radical (unpaired) electrons. The van der Waals surface area contributed by atoms with E-state index < -0.39 is 6.09 Å². The molecule has 3 rings (SSSR count). The molecule has 2 aliphatic rings. The van der Waals surface area contributed by atoms with E-state index in [1.807, 2.05) is 6.07 Å². The zero-order chi connectivity index (χ0) is 25.1. The first kappa shape index (κ1) is 26.8. The molecule has 0 saturated heterocycles. The first-order chi connectivity index (χ1) is 16.1. The van der Waals surface area contributed by atoms with E-state index in [0.29, 0.717) is 13.1 Å². The van der Waals surface area contributed by atoms with Crippen molar-refractivity contribution in [2.24, 2.45) is 11.7 Å². The number of nitrogens with zero attached hydrogens (tertiary/aromatic N) is 2. The molecule has 7 heteroatoms. The summed E-state index contributed by atoms with van der Waals surface area (Å²) in [7, 11) is 5.67. The summed E-state index contributed by atoms with van der Waals surface area (Å²) in [6.07, 6.45) is 6.51. The molecule has 192 valence electrons. The Hall–Kier alpha value is -1.83. The fraction of sp³-hybridized carbons (Fsp3) is 0.741. The highest BCUT2D eigenvalue weighted by Gasteiger charge is 2.52. The average Bonchev–Trinajstić information content (AvgIpc) is 3.63. The number of phenols is 1. The lowest BCUT2D eigenvalue weighted by atomic mass is 9.58. The second-order valence-corrected chi connectivity index (χ2v) is 10.7. The van der Waals surface area contributed by atoms with Gasteiger partial charge in [0, 0.05) is 50.8 Å². The van der Waals surface area contributed by atoms with Crippen LogP contribution < -0.4 is 10.5 Å². The maximum atomic E-state index is 12.6. The third-order valence-electron chi connectivity index (χ3n) is 8.25. The minimum absolute atomic E-state index is 0.0841. The van der Waals surface area contributed by atoms with Gasteiger partial charge >= 0.3 is 6.09 Å². The number of ether oxygens (including phenoxy) is 2. The fourth-order valence-electron chi connectivity index (χ4n) is 6.04. The number of nitrogens with two attached hydrogens (primary N) is 1. The Morgan fingerprint density at radius 1 is 1.24 bits per heavy atom. The number of phenolic OH excluding ortho intramolecular Hbond substituents is 1. The van der Waals surface area contributed by atoms with Crippen molar-refractivity contribution in [3.05, 3.63) is 23.3 Å². The lowest BCUT2D eigenvalue weighted by molar-refractivity contribution is -0.0760. The summed E-state index contributed by atoms with van der Waals surface area (Å²) in [5, 5.41) is 11.7. The van der Waals surface area contributed by atoms with Crippen LogP contribution in [0.1, 0.15) is 70.4 Å². The van der Waals surface area contributed by atoms with Crippen molar-refractivity contribution in [1.82, 2.24) is 9.80 Å². The monoisotopic (exact) mass is 475 g/mol. The maximum absolute atomic E-state index is 12.6. The summed E-state index contributed by atoms with van der Waals surface area (Å²) >= 11 is 0. The predicted molar refractivity (Wildman–Crippen MR) is 136 cm³/mol. The van der Waals surface area contributed by atoms with Gasteiger partial charge in [-0.25, -0.2) is 4.79 Å². The number of aryl methyl sites for hydroxylation is 1. The molecule has 2 fully saturated rings. The van der Waals surface area contributed by atoms with Gasteiger partial charge in [-0.15, -0.1) is 0 Å². The van der Waals surface area contributed by atoms with Crippen molar-refractivity contribution in [2.75, 3.05) is 40.8 Å². The molecule has 1 aromatic rings. The van der Waals surface area contributed by atoms with Crippen LogP contribution >= 0.6 is 0 Å². The molecule has 0 spiro atoms. The number of hydrogen-bond acceptors (Lipinski definition) is 6. The van der Waals surface area contributed by atoms with Gasteiger partial charge in [-0.2, -0.15) is 0 Å². The maximum Gasteiger partial charge on any atom is 0.415 e. The van der Waals surface area contributed by atoms with E-state index in [2.05, 4.69) is 32.7 Å². The van der Waals surface area contributed by atoms with Crippen LogP contribution in [0.25, 0.3) is 0 Å². The van der Waals surface area contributed by atoms with E-state index in [9.17, 15) is 9.90 Å². The third-order valence-corrected chi connectivity index (χ3v) is 8.25. The van der Waals surface area contributed by atoms with Crippen LogP contribution in [0.5, 0.6) is 11.5 Å². The largest absolute Gasteiger partial charge is 0.504 e. The summed E-state index contributed by atoms with van der Waals surface area (Å²) in [5.41, 5.74) is 7.00. The SMILES string of the molecule is CCc1ccc(OC(=O)N(C)CCN)c(O)c1[C@@]1(CC)C[C@](C)(OC)CCC1N(C)CC1CC1. The minimum atomic E-state index is -0.519. The number of likely N-dealkylation sites (N-methyl/N-ethyl adjacent to an activating group) is 2. The number of hydrogen-bond donors (Lipinski definition) is 2. The van der Waals surface area contributed by atoms with Crippen LogP contribution in [0.2, 0.25) is 0 Å². The van der Waals surface area contributed by atoms with Crippen molar-refractivity contribution >= 4 is 6.09 Å². The van der Waals surface area contributed by atoms with Crippen molar-refractivity contribution in [3.8, 4) is 11.5 Å². The number of carbonyl (C=O) groups excluding carboxylic acids is 1. The van der Waals surface area contributed by atoms with E-state index in [1.165, 1.54) is 17.7 Å². The third kappa shape index (κ3) is 5.37. The van der Waals surface area contributed by atoms with Gasteiger partial charge in [0.15, 0.2) is 11.5 Å². The van der Waals surface area contributed by atoms with Gasteiger partial charge < -0.3 is 30.1 Å². The lowest BCUT2D eigenvalue weighted by Crippen LogP contribution is -2.57. The highest BCUT2D eigenvalue weighted by atomic mass is 16.6. The Morgan fingerprint density at radius 2 is 1.94 bits per heavy atom. The van der Waals surface area contributed by atoms with Crippen molar-refractivity contribution in [1.29, 1.82) is 0 Å². The Kier molecular flexibility index (Phi) is 8.53. The molecule has 7 nitrogen and oxygen atoms in total. The van der Waals surface area contributed by atoms with Crippen molar-refractivity contribution in [3.63, 3.8) is 0 Å². The quantitative estimate of drug-likeness (QED) is 0.525. The van der Waals surface area contributed by atoms with Gasteiger partial charge in [0.05, 0.1) is 5.60 Å². The zero-order valence-corrected chi connectivity index (χ0v) is 22.0. The molecule has 3 atom stereocenters.